The summed E-state index contributed by atoms with van der Waals surface area (Å²) in [5, 5.41) is 17.0. The lowest BCUT2D eigenvalue weighted by molar-refractivity contribution is 0.130. The van der Waals surface area contributed by atoms with E-state index in [1.54, 1.807) is 0 Å². The summed E-state index contributed by atoms with van der Waals surface area (Å²) in [5.74, 6) is 0. The Morgan fingerprint density at radius 1 is 1.56 bits per heavy atom. The van der Waals surface area contributed by atoms with Crippen molar-refractivity contribution in [2.24, 2.45) is 7.05 Å². The first-order valence-corrected chi connectivity index (χ1v) is 6.00. The number of hydrogen-bond donors (Lipinski definition) is 2. The molecule has 1 aromatic heterocycles. The van der Waals surface area contributed by atoms with Gasteiger partial charge in [-0.3, -0.25) is 4.68 Å². The van der Waals surface area contributed by atoms with E-state index in [2.05, 4.69) is 16.6 Å². The highest BCUT2D eigenvalue weighted by Gasteiger charge is 2.35. The number of aromatic nitrogens is 2. The Bertz CT molecular complexity index is 355. The molecular formula is C12H21N3O. The van der Waals surface area contributed by atoms with Gasteiger partial charge >= 0.3 is 0 Å². The Labute approximate surface area is 96.7 Å². The molecule has 0 spiro atoms. The van der Waals surface area contributed by atoms with Crippen molar-refractivity contribution in [2.45, 2.75) is 44.7 Å². The first kappa shape index (κ1) is 11.6. The predicted octanol–water partition coefficient (Wildman–Crippen LogP) is 1.12. The van der Waals surface area contributed by atoms with Crippen molar-refractivity contribution in [3.05, 3.63) is 17.5 Å². The smallest absolute Gasteiger partial charge is 0.0638 e. The van der Waals surface area contributed by atoms with E-state index in [0.717, 1.165) is 18.7 Å². The second-order valence-corrected chi connectivity index (χ2v) is 4.87. The van der Waals surface area contributed by atoms with Gasteiger partial charge in [-0.15, -0.1) is 0 Å². The zero-order chi connectivity index (χ0) is 11.6. The molecule has 0 aliphatic heterocycles. The molecule has 90 valence electrons. The lowest BCUT2D eigenvalue weighted by atomic mass is 9.74. The zero-order valence-corrected chi connectivity index (χ0v) is 10.2. The molecule has 16 heavy (non-hydrogen) atoms. The number of nitrogens with zero attached hydrogens (tertiary/aromatic N) is 2. The summed E-state index contributed by atoms with van der Waals surface area (Å²) in [6, 6.07) is 0. The summed E-state index contributed by atoms with van der Waals surface area (Å²) in [4.78, 5) is 0. The minimum atomic E-state index is 0.191. The standard InChI is InChI=1S/C12H21N3O/c1-10-11(9-15(2)14-10)8-13-12(6-7-16)4-3-5-12/h9,13,16H,3-8H2,1-2H3. The summed E-state index contributed by atoms with van der Waals surface area (Å²) in [6.45, 7) is 3.18. The van der Waals surface area contributed by atoms with Gasteiger partial charge in [0.25, 0.3) is 0 Å². The molecule has 1 saturated carbocycles. The summed E-state index contributed by atoms with van der Waals surface area (Å²) in [6.07, 6.45) is 6.58. The van der Waals surface area contributed by atoms with Gasteiger partial charge in [-0.2, -0.15) is 5.10 Å². The molecule has 1 aliphatic carbocycles. The average Bonchev–Trinajstić information content (AvgIpc) is 2.49. The van der Waals surface area contributed by atoms with Gasteiger partial charge in [0.05, 0.1) is 5.69 Å². The van der Waals surface area contributed by atoms with Crippen LogP contribution in [0.3, 0.4) is 0 Å². The van der Waals surface area contributed by atoms with Crippen LogP contribution in [0.5, 0.6) is 0 Å². The average molecular weight is 223 g/mol. The van der Waals surface area contributed by atoms with E-state index in [9.17, 15) is 0 Å². The monoisotopic (exact) mass is 223 g/mol. The maximum Gasteiger partial charge on any atom is 0.0638 e. The number of rotatable bonds is 5. The minimum Gasteiger partial charge on any atom is -0.396 e. The summed E-state index contributed by atoms with van der Waals surface area (Å²) in [7, 11) is 1.95. The minimum absolute atomic E-state index is 0.191. The molecule has 0 radical (unpaired) electrons. The molecule has 0 aromatic carbocycles. The Hall–Kier alpha value is -0.870. The van der Waals surface area contributed by atoms with Crippen molar-refractivity contribution in [3.63, 3.8) is 0 Å². The maximum atomic E-state index is 9.07. The Kier molecular flexibility index (Phi) is 3.30. The Balaban J connectivity index is 1.93. The van der Waals surface area contributed by atoms with Crippen LogP contribution in [0, 0.1) is 6.92 Å². The molecule has 1 fully saturated rings. The highest BCUT2D eigenvalue weighted by Crippen LogP contribution is 2.34. The third-order valence-electron chi connectivity index (χ3n) is 3.67. The molecule has 1 aliphatic rings. The second-order valence-electron chi connectivity index (χ2n) is 4.87. The molecule has 2 N–H and O–H groups in total. The first-order valence-electron chi connectivity index (χ1n) is 6.00. The maximum absolute atomic E-state index is 9.07. The van der Waals surface area contributed by atoms with Crippen LogP contribution in [0.1, 0.15) is 36.9 Å². The van der Waals surface area contributed by atoms with Crippen molar-refractivity contribution < 1.29 is 5.11 Å². The summed E-state index contributed by atoms with van der Waals surface area (Å²) >= 11 is 0. The highest BCUT2D eigenvalue weighted by atomic mass is 16.3. The van der Waals surface area contributed by atoms with Crippen LogP contribution in [0.4, 0.5) is 0 Å². The molecule has 4 nitrogen and oxygen atoms in total. The van der Waals surface area contributed by atoms with Crippen molar-refractivity contribution in [1.29, 1.82) is 0 Å². The number of nitrogens with one attached hydrogen (secondary N) is 1. The van der Waals surface area contributed by atoms with Gasteiger partial charge in [0, 0.05) is 37.5 Å². The largest absolute Gasteiger partial charge is 0.396 e. The van der Waals surface area contributed by atoms with E-state index in [4.69, 9.17) is 5.11 Å². The molecule has 1 heterocycles. The highest BCUT2D eigenvalue weighted by molar-refractivity contribution is 5.15. The van der Waals surface area contributed by atoms with E-state index in [1.807, 2.05) is 18.7 Å². The molecule has 0 saturated heterocycles. The van der Waals surface area contributed by atoms with Gasteiger partial charge in [0.1, 0.15) is 0 Å². The number of aliphatic hydroxyl groups is 1. The zero-order valence-electron chi connectivity index (χ0n) is 10.2. The van der Waals surface area contributed by atoms with Gasteiger partial charge in [0.15, 0.2) is 0 Å². The Morgan fingerprint density at radius 3 is 2.75 bits per heavy atom. The summed E-state index contributed by atoms with van der Waals surface area (Å²) in [5.41, 5.74) is 2.54. The van der Waals surface area contributed by atoms with Crippen LogP contribution in [0.2, 0.25) is 0 Å². The fourth-order valence-corrected chi connectivity index (χ4v) is 2.44. The van der Waals surface area contributed by atoms with E-state index in [0.29, 0.717) is 0 Å². The number of aryl methyl sites for hydroxylation is 2. The SMILES string of the molecule is Cc1nn(C)cc1CNC1(CCO)CCC1. The first-order chi connectivity index (χ1) is 7.65. The van der Waals surface area contributed by atoms with Gasteiger partial charge in [-0.05, 0) is 32.6 Å². The molecule has 2 rings (SSSR count). The number of aliphatic hydroxyl groups excluding tert-OH is 1. The molecule has 0 unspecified atom stereocenters. The quantitative estimate of drug-likeness (QED) is 0.786. The van der Waals surface area contributed by atoms with Crippen molar-refractivity contribution >= 4 is 0 Å². The van der Waals surface area contributed by atoms with Crippen LogP contribution >= 0.6 is 0 Å². The van der Waals surface area contributed by atoms with Gasteiger partial charge < -0.3 is 10.4 Å². The van der Waals surface area contributed by atoms with Crippen LogP contribution in [0.15, 0.2) is 6.20 Å². The van der Waals surface area contributed by atoms with Gasteiger partial charge in [-0.1, -0.05) is 0 Å². The molecule has 1 aromatic rings. The molecule has 0 atom stereocenters. The van der Waals surface area contributed by atoms with Crippen molar-refractivity contribution in [2.75, 3.05) is 6.61 Å². The molecule has 4 heteroatoms. The van der Waals surface area contributed by atoms with Crippen molar-refractivity contribution in [3.8, 4) is 0 Å². The normalized spacial score (nSPS) is 18.4. The van der Waals surface area contributed by atoms with Crippen molar-refractivity contribution in [1.82, 2.24) is 15.1 Å². The fraction of sp³-hybridized carbons (Fsp3) is 0.750. The van der Waals surface area contributed by atoms with Crippen LogP contribution < -0.4 is 5.32 Å². The van der Waals surface area contributed by atoms with E-state index >= 15 is 0 Å². The van der Waals surface area contributed by atoms with E-state index in [-0.39, 0.29) is 12.1 Å². The lowest BCUT2D eigenvalue weighted by Gasteiger charge is -2.42. The molecule has 0 amide bonds. The van der Waals surface area contributed by atoms with Gasteiger partial charge in [-0.25, -0.2) is 0 Å². The third kappa shape index (κ3) is 2.28. The van der Waals surface area contributed by atoms with Gasteiger partial charge in [0.2, 0.25) is 0 Å². The van der Waals surface area contributed by atoms with Crippen LogP contribution in [0.25, 0.3) is 0 Å². The lowest BCUT2D eigenvalue weighted by Crippen LogP contribution is -2.51. The summed E-state index contributed by atoms with van der Waals surface area (Å²) < 4.78 is 1.85. The molecule has 0 bridgehead atoms. The molecular weight excluding hydrogens is 202 g/mol. The third-order valence-corrected chi connectivity index (χ3v) is 3.67. The van der Waals surface area contributed by atoms with Crippen LogP contribution in [-0.4, -0.2) is 27.0 Å². The number of hydrogen-bond acceptors (Lipinski definition) is 3. The van der Waals surface area contributed by atoms with E-state index in [1.165, 1.54) is 24.8 Å². The predicted molar refractivity (Wildman–Crippen MR) is 63.1 cm³/mol. The van der Waals surface area contributed by atoms with Crippen LogP contribution in [-0.2, 0) is 13.6 Å². The van der Waals surface area contributed by atoms with E-state index < -0.39 is 0 Å². The second kappa shape index (κ2) is 4.55. The fourth-order valence-electron chi connectivity index (χ4n) is 2.44. The topological polar surface area (TPSA) is 50.1 Å². The Morgan fingerprint density at radius 2 is 2.31 bits per heavy atom.